The highest BCUT2D eigenvalue weighted by atomic mass is 32.1. The van der Waals surface area contributed by atoms with Crippen molar-refractivity contribution >= 4 is 11.3 Å². The summed E-state index contributed by atoms with van der Waals surface area (Å²) >= 11 is 1.91. The number of thiophene rings is 1. The molecule has 0 fully saturated rings. The molecule has 0 aromatic carbocycles. The zero-order chi connectivity index (χ0) is 13.8. The summed E-state index contributed by atoms with van der Waals surface area (Å²) in [5.74, 6) is 0. The molecule has 0 radical (unpaired) electrons. The summed E-state index contributed by atoms with van der Waals surface area (Å²) in [6.45, 7) is 16.7. The van der Waals surface area contributed by atoms with Crippen LogP contribution in [0, 0.1) is 6.92 Å². The minimum atomic E-state index is 0.136. The van der Waals surface area contributed by atoms with Gasteiger partial charge in [0.25, 0.3) is 0 Å². The molecule has 0 bridgehead atoms. The van der Waals surface area contributed by atoms with Gasteiger partial charge in [-0.2, -0.15) is 0 Å². The lowest BCUT2D eigenvalue weighted by molar-refractivity contribution is 0.0932. The molecule has 3 heteroatoms. The number of aryl methyl sites for hydroxylation is 1. The summed E-state index contributed by atoms with van der Waals surface area (Å²) < 4.78 is 0. The Bertz CT molecular complexity index is 353. The average Bonchev–Trinajstić information content (AvgIpc) is 2.73. The van der Waals surface area contributed by atoms with Gasteiger partial charge in [0.2, 0.25) is 0 Å². The molecule has 1 N–H and O–H groups in total. The van der Waals surface area contributed by atoms with Crippen molar-refractivity contribution < 1.29 is 0 Å². The van der Waals surface area contributed by atoms with Crippen molar-refractivity contribution in [2.24, 2.45) is 0 Å². The molecule has 0 aliphatic rings. The SMILES string of the molecule is CCNC(c1ccc(C)s1)C(C)(C)N(CC)CC. The molecule has 1 heterocycles. The number of hydrogen-bond donors (Lipinski definition) is 1. The predicted molar refractivity (Wildman–Crippen MR) is 82.5 cm³/mol. The van der Waals surface area contributed by atoms with Crippen LogP contribution in [0.5, 0.6) is 0 Å². The molecule has 2 nitrogen and oxygen atoms in total. The smallest absolute Gasteiger partial charge is 0.0596 e. The molecule has 1 atom stereocenters. The van der Waals surface area contributed by atoms with E-state index in [-0.39, 0.29) is 5.54 Å². The van der Waals surface area contributed by atoms with Crippen molar-refractivity contribution in [2.75, 3.05) is 19.6 Å². The summed E-state index contributed by atoms with van der Waals surface area (Å²) in [6.07, 6.45) is 0. The highest BCUT2D eigenvalue weighted by molar-refractivity contribution is 7.12. The molecule has 18 heavy (non-hydrogen) atoms. The van der Waals surface area contributed by atoms with E-state index in [1.807, 2.05) is 11.3 Å². The summed E-state index contributed by atoms with van der Waals surface area (Å²) in [6, 6.07) is 4.91. The second-order valence-corrected chi connectivity index (χ2v) is 6.58. The Morgan fingerprint density at radius 2 is 1.83 bits per heavy atom. The van der Waals surface area contributed by atoms with Crippen molar-refractivity contribution in [3.63, 3.8) is 0 Å². The van der Waals surface area contributed by atoms with Crippen LogP contribution >= 0.6 is 11.3 Å². The molecule has 1 aromatic rings. The van der Waals surface area contributed by atoms with Gasteiger partial charge in [0.1, 0.15) is 0 Å². The second-order valence-electron chi connectivity index (χ2n) is 5.27. The molecule has 104 valence electrons. The van der Waals surface area contributed by atoms with Crippen molar-refractivity contribution in [1.82, 2.24) is 10.2 Å². The summed E-state index contributed by atoms with van der Waals surface area (Å²) in [5, 5.41) is 3.67. The van der Waals surface area contributed by atoms with Crippen LogP contribution in [0.1, 0.15) is 50.4 Å². The van der Waals surface area contributed by atoms with E-state index in [1.165, 1.54) is 9.75 Å². The Kier molecular flexibility index (Phi) is 5.83. The summed E-state index contributed by atoms with van der Waals surface area (Å²) in [5.41, 5.74) is 0.136. The first-order chi connectivity index (χ1) is 8.47. The number of likely N-dealkylation sites (N-methyl/N-ethyl adjacent to an activating group) is 2. The monoisotopic (exact) mass is 268 g/mol. The van der Waals surface area contributed by atoms with Gasteiger partial charge >= 0.3 is 0 Å². The fourth-order valence-corrected chi connectivity index (χ4v) is 3.87. The minimum absolute atomic E-state index is 0.136. The summed E-state index contributed by atoms with van der Waals surface area (Å²) in [7, 11) is 0. The van der Waals surface area contributed by atoms with Gasteiger partial charge in [-0.25, -0.2) is 0 Å². The van der Waals surface area contributed by atoms with Crippen LogP contribution in [0.2, 0.25) is 0 Å². The highest BCUT2D eigenvalue weighted by Gasteiger charge is 2.35. The Morgan fingerprint density at radius 1 is 1.22 bits per heavy atom. The van der Waals surface area contributed by atoms with Crippen LogP contribution in [0.15, 0.2) is 12.1 Å². The Balaban J connectivity index is 3.03. The highest BCUT2D eigenvalue weighted by Crippen LogP contribution is 2.34. The molecule has 1 aromatic heterocycles. The third kappa shape index (κ3) is 3.34. The molecular weight excluding hydrogens is 240 g/mol. The van der Waals surface area contributed by atoms with Crippen molar-refractivity contribution in [1.29, 1.82) is 0 Å². The quantitative estimate of drug-likeness (QED) is 0.808. The molecule has 1 unspecified atom stereocenters. The average molecular weight is 268 g/mol. The van der Waals surface area contributed by atoms with Gasteiger partial charge in [0, 0.05) is 15.3 Å². The van der Waals surface area contributed by atoms with Gasteiger partial charge in [0.05, 0.1) is 6.04 Å². The first-order valence-corrected chi connectivity index (χ1v) is 7.83. The van der Waals surface area contributed by atoms with Gasteiger partial charge < -0.3 is 5.32 Å². The lowest BCUT2D eigenvalue weighted by Gasteiger charge is -2.43. The fourth-order valence-electron chi connectivity index (χ4n) is 2.73. The van der Waals surface area contributed by atoms with Crippen LogP contribution in [0.25, 0.3) is 0 Å². The molecule has 0 saturated carbocycles. The van der Waals surface area contributed by atoms with Crippen molar-refractivity contribution in [3.8, 4) is 0 Å². The summed E-state index contributed by atoms with van der Waals surface area (Å²) in [4.78, 5) is 5.38. The molecule has 0 aliphatic carbocycles. The molecule has 1 rings (SSSR count). The zero-order valence-electron chi connectivity index (χ0n) is 12.7. The lowest BCUT2D eigenvalue weighted by atomic mass is 9.90. The van der Waals surface area contributed by atoms with E-state index in [4.69, 9.17) is 0 Å². The molecule has 0 spiro atoms. The maximum absolute atomic E-state index is 3.67. The van der Waals surface area contributed by atoms with Crippen molar-refractivity contribution in [3.05, 3.63) is 21.9 Å². The van der Waals surface area contributed by atoms with Crippen LogP contribution in [0.3, 0.4) is 0 Å². The first kappa shape index (κ1) is 15.7. The van der Waals surface area contributed by atoms with Crippen molar-refractivity contribution in [2.45, 2.75) is 53.1 Å². The fraction of sp³-hybridized carbons (Fsp3) is 0.733. The van der Waals surface area contributed by atoms with E-state index < -0.39 is 0 Å². The molecule has 0 aliphatic heterocycles. The molecule has 0 saturated heterocycles. The van der Waals surface area contributed by atoms with Crippen LogP contribution in [0.4, 0.5) is 0 Å². The normalized spacial score (nSPS) is 14.2. The standard InChI is InChI=1S/C15H28N2S/c1-7-16-14(13-11-10-12(4)18-13)15(5,6)17(8-2)9-3/h10-11,14,16H,7-9H2,1-6H3. The topological polar surface area (TPSA) is 15.3 Å². The number of hydrogen-bond acceptors (Lipinski definition) is 3. The number of nitrogens with zero attached hydrogens (tertiary/aromatic N) is 1. The van der Waals surface area contributed by atoms with Gasteiger partial charge in [-0.3, -0.25) is 4.90 Å². The van der Waals surface area contributed by atoms with E-state index in [0.717, 1.165) is 19.6 Å². The van der Waals surface area contributed by atoms with Crippen LogP contribution in [-0.2, 0) is 0 Å². The van der Waals surface area contributed by atoms with Crippen LogP contribution in [-0.4, -0.2) is 30.1 Å². The third-order valence-electron chi connectivity index (χ3n) is 3.74. The van der Waals surface area contributed by atoms with Crippen LogP contribution < -0.4 is 5.32 Å². The Labute approximate surface area is 116 Å². The number of nitrogens with one attached hydrogen (secondary N) is 1. The Morgan fingerprint density at radius 3 is 2.22 bits per heavy atom. The van der Waals surface area contributed by atoms with E-state index in [2.05, 4.69) is 63.9 Å². The predicted octanol–water partition coefficient (Wildman–Crippen LogP) is 3.83. The second kappa shape index (κ2) is 6.69. The maximum Gasteiger partial charge on any atom is 0.0596 e. The zero-order valence-corrected chi connectivity index (χ0v) is 13.5. The largest absolute Gasteiger partial charge is 0.308 e. The Hall–Kier alpha value is -0.380. The van der Waals surface area contributed by atoms with Gasteiger partial charge in [-0.05, 0) is 52.5 Å². The first-order valence-electron chi connectivity index (χ1n) is 7.02. The van der Waals surface area contributed by atoms with Gasteiger partial charge in [-0.1, -0.05) is 20.8 Å². The van der Waals surface area contributed by atoms with E-state index in [1.54, 1.807) is 0 Å². The third-order valence-corrected chi connectivity index (χ3v) is 4.80. The lowest BCUT2D eigenvalue weighted by Crippen LogP contribution is -2.52. The van der Waals surface area contributed by atoms with E-state index in [9.17, 15) is 0 Å². The maximum atomic E-state index is 3.67. The number of rotatable bonds is 7. The minimum Gasteiger partial charge on any atom is -0.308 e. The van der Waals surface area contributed by atoms with Gasteiger partial charge in [-0.15, -0.1) is 11.3 Å². The van der Waals surface area contributed by atoms with Gasteiger partial charge in [0.15, 0.2) is 0 Å². The van der Waals surface area contributed by atoms with E-state index >= 15 is 0 Å². The molecular formula is C15H28N2S. The molecule has 0 amide bonds. The van der Waals surface area contributed by atoms with E-state index in [0.29, 0.717) is 6.04 Å².